The highest BCUT2D eigenvalue weighted by Crippen LogP contribution is 2.32. The summed E-state index contributed by atoms with van der Waals surface area (Å²) < 4.78 is 36.4. The van der Waals surface area contributed by atoms with Crippen molar-refractivity contribution in [1.82, 2.24) is 21.3 Å². The molecule has 1 heterocycles. The van der Waals surface area contributed by atoms with Gasteiger partial charge in [-0.2, -0.15) is 0 Å². The van der Waals surface area contributed by atoms with E-state index in [1.807, 2.05) is 0 Å². The molecule has 18 heteroatoms. The van der Waals surface area contributed by atoms with E-state index in [2.05, 4.69) is 21.3 Å². The molecule has 1 aliphatic heterocycles. The highest BCUT2D eigenvalue weighted by molar-refractivity contribution is 5.96. The Hall–Kier alpha value is -7.44. The Morgan fingerprint density at radius 2 is 1.00 bits per heavy atom. The topological polar surface area (TPSA) is 240 Å². The first-order valence-corrected chi connectivity index (χ1v) is 20.5. The van der Waals surface area contributed by atoms with Crippen molar-refractivity contribution in [3.05, 3.63) is 144 Å². The first-order chi connectivity index (χ1) is 31.1. The monoisotopic (exact) mass is 894 g/mol. The van der Waals surface area contributed by atoms with Crippen LogP contribution in [0.3, 0.4) is 0 Å². The van der Waals surface area contributed by atoms with Gasteiger partial charge in [-0.25, -0.2) is 19.2 Å². The van der Waals surface area contributed by atoms with Gasteiger partial charge in [-0.15, -0.1) is 0 Å². The molecule has 342 valence electrons. The average molecular weight is 895 g/mol. The van der Waals surface area contributed by atoms with Crippen molar-refractivity contribution in [1.29, 1.82) is 0 Å². The van der Waals surface area contributed by atoms with Gasteiger partial charge in [0.05, 0.1) is 28.9 Å². The molecule has 0 bridgehead atoms. The van der Waals surface area contributed by atoms with E-state index in [-0.39, 0.29) is 22.3 Å². The summed E-state index contributed by atoms with van der Waals surface area (Å²) in [4.78, 5) is 107. The highest BCUT2D eigenvalue weighted by atomic mass is 16.7. The van der Waals surface area contributed by atoms with Gasteiger partial charge in [-0.1, -0.05) is 72.8 Å². The van der Waals surface area contributed by atoms with Crippen LogP contribution in [0, 0.1) is 0 Å². The number of hydrogen-bond acceptors (Lipinski definition) is 14. The summed E-state index contributed by atoms with van der Waals surface area (Å²) in [5.74, 6) is -6.44. The minimum Gasteiger partial charge on any atom is -0.459 e. The molecule has 4 aromatic carbocycles. The van der Waals surface area contributed by atoms with E-state index in [9.17, 15) is 38.4 Å². The molecular weight excluding hydrogens is 845 g/mol. The lowest BCUT2D eigenvalue weighted by molar-refractivity contribution is -0.300. The van der Waals surface area contributed by atoms with E-state index in [0.717, 1.165) is 6.92 Å². The highest BCUT2D eigenvalue weighted by Gasteiger charge is 2.54. The molecule has 65 heavy (non-hydrogen) atoms. The summed E-state index contributed by atoms with van der Waals surface area (Å²) in [6.07, 6.45) is -8.58. The van der Waals surface area contributed by atoms with Crippen LogP contribution < -0.4 is 21.3 Å². The fraction of sp³-hybridized carbons (Fsp3) is 0.319. The van der Waals surface area contributed by atoms with Crippen LogP contribution >= 0.6 is 0 Å². The number of amides is 4. The lowest BCUT2D eigenvalue weighted by Crippen LogP contribution is -2.65. The van der Waals surface area contributed by atoms with E-state index in [0.29, 0.717) is 0 Å². The third kappa shape index (κ3) is 13.3. The molecule has 0 radical (unpaired) electrons. The number of rotatable bonds is 18. The standard InChI is InChI=1S/C47H50N4O14/c1-28(39(53)48-5)49-40(54)29(2)50-46(59)47(4,51-30(3)52)27-61-45-38(65-44(58)34-24-16-9-17-25-34)37(64-43(57)33-22-14-8-15-23-33)36(63-42(56)32-20-12-7-13-21-32)35(62-45)26-60-41(55)31-18-10-6-11-19-31/h6-25,28-29,35-38,45H,26-27H2,1-5H3,(H,48,53)(H,49,54)(H,50,59)(H,51,52)/t28-,29-,35+,36+,37-,38+,45+,47-/m0/s1. The van der Waals surface area contributed by atoms with Crippen LogP contribution in [0.15, 0.2) is 121 Å². The van der Waals surface area contributed by atoms with Crippen LogP contribution in [0.2, 0.25) is 0 Å². The third-order valence-corrected chi connectivity index (χ3v) is 9.97. The van der Waals surface area contributed by atoms with E-state index >= 15 is 0 Å². The van der Waals surface area contributed by atoms with Crippen LogP contribution in [-0.2, 0) is 47.6 Å². The molecular formula is C47H50N4O14. The minimum absolute atomic E-state index is 0.0524. The lowest BCUT2D eigenvalue weighted by Gasteiger charge is -2.45. The van der Waals surface area contributed by atoms with E-state index in [1.165, 1.54) is 76.3 Å². The number of esters is 4. The van der Waals surface area contributed by atoms with Crippen molar-refractivity contribution in [2.45, 2.75) is 76.0 Å². The summed E-state index contributed by atoms with van der Waals surface area (Å²) >= 11 is 0. The molecule has 1 fully saturated rings. The van der Waals surface area contributed by atoms with Gasteiger partial charge < -0.3 is 49.7 Å². The second-order valence-electron chi connectivity index (χ2n) is 15.1. The van der Waals surface area contributed by atoms with Crippen LogP contribution in [-0.4, -0.2) is 116 Å². The molecule has 1 saturated heterocycles. The van der Waals surface area contributed by atoms with Gasteiger partial charge in [0.2, 0.25) is 23.6 Å². The van der Waals surface area contributed by atoms with Gasteiger partial charge in [0, 0.05) is 14.0 Å². The van der Waals surface area contributed by atoms with Crippen LogP contribution in [0.5, 0.6) is 0 Å². The van der Waals surface area contributed by atoms with Crippen molar-refractivity contribution in [2.75, 3.05) is 20.3 Å². The summed E-state index contributed by atoms with van der Waals surface area (Å²) in [6.45, 7) is 3.81. The van der Waals surface area contributed by atoms with Gasteiger partial charge in [0.15, 0.2) is 24.6 Å². The smallest absolute Gasteiger partial charge is 0.338 e. The molecule has 4 amide bonds. The van der Waals surface area contributed by atoms with Gasteiger partial charge in [-0.3, -0.25) is 19.2 Å². The Balaban J connectivity index is 1.56. The maximum Gasteiger partial charge on any atom is 0.338 e. The Morgan fingerprint density at radius 1 is 0.585 bits per heavy atom. The maximum absolute atomic E-state index is 14.0. The molecule has 0 unspecified atom stereocenters. The number of carbonyl (C=O) groups excluding carboxylic acids is 8. The van der Waals surface area contributed by atoms with Gasteiger partial charge in [-0.05, 0) is 69.3 Å². The zero-order chi connectivity index (χ0) is 47.1. The van der Waals surface area contributed by atoms with Gasteiger partial charge in [0.25, 0.3) is 0 Å². The number of carbonyl (C=O) groups is 8. The second kappa shape index (κ2) is 22.8. The minimum atomic E-state index is -1.99. The molecule has 0 aliphatic carbocycles. The SMILES string of the molecule is CNC(=O)[C@H](C)NC(=O)[C@H](C)NC(=O)[C@](C)(CO[C@@H]1O[C@H](COC(=O)c2ccccc2)[C@@H](OC(=O)c2ccccc2)[C@H](OC(=O)c2ccccc2)[C@H]1OC(=O)c1ccccc1)NC(C)=O. The molecule has 4 N–H and O–H groups in total. The number of nitrogens with one attached hydrogen (secondary N) is 4. The number of ether oxygens (including phenoxy) is 6. The molecule has 5 rings (SSSR count). The largest absolute Gasteiger partial charge is 0.459 e. The number of hydrogen-bond donors (Lipinski definition) is 4. The fourth-order valence-electron chi connectivity index (χ4n) is 6.50. The zero-order valence-electron chi connectivity index (χ0n) is 36.2. The van der Waals surface area contributed by atoms with Gasteiger partial charge >= 0.3 is 23.9 Å². The summed E-state index contributed by atoms with van der Waals surface area (Å²) in [5, 5.41) is 9.91. The molecule has 0 aromatic heterocycles. The first-order valence-electron chi connectivity index (χ1n) is 20.5. The third-order valence-electron chi connectivity index (χ3n) is 9.97. The fourth-order valence-corrected chi connectivity index (χ4v) is 6.50. The van der Waals surface area contributed by atoms with Crippen molar-refractivity contribution in [3.8, 4) is 0 Å². The molecule has 8 atom stereocenters. The van der Waals surface area contributed by atoms with E-state index in [1.54, 1.807) is 72.8 Å². The number of likely N-dealkylation sites (N-methyl/N-ethyl adjacent to an activating group) is 1. The van der Waals surface area contributed by atoms with Crippen LogP contribution in [0.1, 0.15) is 69.1 Å². The molecule has 1 aliphatic rings. The predicted octanol–water partition coefficient (Wildman–Crippen LogP) is 2.91. The quantitative estimate of drug-likeness (QED) is 0.0830. The summed E-state index contributed by atoms with van der Waals surface area (Å²) in [5.41, 5.74) is -1.63. The molecule has 0 spiro atoms. The van der Waals surface area contributed by atoms with Crippen LogP contribution in [0.4, 0.5) is 0 Å². The zero-order valence-corrected chi connectivity index (χ0v) is 36.2. The molecule has 18 nitrogen and oxygen atoms in total. The second-order valence-corrected chi connectivity index (χ2v) is 15.1. The van der Waals surface area contributed by atoms with E-state index in [4.69, 9.17) is 28.4 Å². The summed E-state index contributed by atoms with van der Waals surface area (Å²) in [7, 11) is 1.39. The first kappa shape index (κ1) is 48.6. The predicted molar refractivity (Wildman–Crippen MR) is 230 cm³/mol. The van der Waals surface area contributed by atoms with Crippen molar-refractivity contribution in [2.24, 2.45) is 0 Å². The summed E-state index contributed by atoms with van der Waals surface area (Å²) in [6, 6.07) is 29.1. The lowest BCUT2D eigenvalue weighted by atomic mass is 9.97. The Morgan fingerprint density at radius 3 is 1.45 bits per heavy atom. The Bertz CT molecular complexity index is 2300. The number of benzene rings is 4. The van der Waals surface area contributed by atoms with Crippen molar-refractivity contribution in [3.63, 3.8) is 0 Å². The van der Waals surface area contributed by atoms with Crippen molar-refractivity contribution < 1.29 is 66.8 Å². The normalized spacial score (nSPS) is 19.6. The molecule has 4 aromatic rings. The maximum atomic E-state index is 14.0. The van der Waals surface area contributed by atoms with Crippen LogP contribution in [0.25, 0.3) is 0 Å². The van der Waals surface area contributed by atoms with E-state index < -0.39 is 109 Å². The average Bonchev–Trinajstić information content (AvgIpc) is 3.31. The Kier molecular flexibility index (Phi) is 17.0. The molecule has 0 saturated carbocycles. The Labute approximate surface area is 374 Å². The van der Waals surface area contributed by atoms with Crippen molar-refractivity contribution >= 4 is 47.5 Å². The van der Waals surface area contributed by atoms with Gasteiger partial charge in [0.1, 0.15) is 30.3 Å².